The van der Waals surface area contributed by atoms with Crippen molar-refractivity contribution >= 4 is 23.2 Å². The fourth-order valence-corrected chi connectivity index (χ4v) is 1.45. The van der Waals surface area contributed by atoms with Crippen LogP contribution >= 0.6 is 23.2 Å². The second-order valence-corrected chi connectivity index (χ2v) is 4.57. The zero-order valence-electron chi connectivity index (χ0n) is 8.01. The standard InChI is InChI=1S/C9H13Cl2NO2/c1-4-6(3-7(11)5(2)10)9(14)12-8(4)13/h5,7,12-14H,3H2,1-2H3. The number of alkyl halides is 2. The van der Waals surface area contributed by atoms with Crippen LogP contribution in [0, 0.1) is 6.92 Å². The van der Waals surface area contributed by atoms with E-state index in [4.69, 9.17) is 23.2 Å². The third-order valence-corrected chi connectivity index (χ3v) is 3.19. The smallest absolute Gasteiger partial charge is 0.194 e. The van der Waals surface area contributed by atoms with Crippen molar-refractivity contribution in [1.29, 1.82) is 0 Å². The second-order valence-electron chi connectivity index (χ2n) is 3.32. The minimum Gasteiger partial charge on any atom is -0.494 e. The summed E-state index contributed by atoms with van der Waals surface area (Å²) in [6, 6.07) is 0. The Morgan fingerprint density at radius 2 is 1.86 bits per heavy atom. The minimum atomic E-state index is -0.267. The van der Waals surface area contributed by atoms with Crippen LogP contribution in [0.4, 0.5) is 0 Å². The summed E-state index contributed by atoms with van der Waals surface area (Å²) in [5.41, 5.74) is 1.24. The molecule has 2 atom stereocenters. The number of hydrogen-bond donors (Lipinski definition) is 3. The highest BCUT2D eigenvalue weighted by atomic mass is 35.5. The number of aromatic amines is 1. The van der Waals surface area contributed by atoms with Crippen molar-refractivity contribution in [2.45, 2.75) is 31.0 Å². The van der Waals surface area contributed by atoms with Crippen LogP contribution in [0.25, 0.3) is 0 Å². The van der Waals surface area contributed by atoms with Crippen LogP contribution < -0.4 is 0 Å². The molecule has 0 aliphatic heterocycles. The molecule has 1 aromatic rings. The number of halogens is 2. The van der Waals surface area contributed by atoms with E-state index in [0.717, 1.165) is 0 Å². The van der Waals surface area contributed by atoms with Gasteiger partial charge in [-0.2, -0.15) is 0 Å². The number of H-pyrrole nitrogens is 1. The highest BCUT2D eigenvalue weighted by molar-refractivity contribution is 6.29. The van der Waals surface area contributed by atoms with Gasteiger partial charge < -0.3 is 10.2 Å². The van der Waals surface area contributed by atoms with Crippen LogP contribution in [0.2, 0.25) is 0 Å². The molecule has 3 nitrogen and oxygen atoms in total. The minimum absolute atomic E-state index is 0.0245. The van der Waals surface area contributed by atoms with Crippen LogP contribution in [0.3, 0.4) is 0 Å². The monoisotopic (exact) mass is 237 g/mol. The Labute approximate surface area is 92.7 Å². The molecule has 1 aromatic heterocycles. The molecule has 80 valence electrons. The van der Waals surface area contributed by atoms with Gasteiger partial charge in [-0.1, -0.05) is 0 Å². The average molecular weight is 238 g/mol. The van der Waals surface area contributed by atoms with Crippen molar-refractivity contribution in [1.82, 2.24) is 4.98 Å². The first-order valence-corrected chi connectivity index (χ1v) is 5.18. The van der Waals surface area contributed by atoms with Gasteiger partial charge in [-0.05, 0) is 20.3 Å². The van der Waals surface area contributed by atoms with E-state index >= 15 is 0 Å². The van der Waals surface area contributed by atoms with Gasteiger partial charge in [-0.3, -0.25) is 4.98 Å². The van der Waals surface area contributed by atoms with Gasteiger partial charge in [-0.15, -0.1) is 23.2 Å². The number of aromatic nitrogens is 1. The Morgan fingerprint density at radius 3 is 2.21 bits per heavy atom. The zero-order valence-corrected chi connectivity index (χ0v) is 9.52. The molecule has 0 saturated carbocycles. The molecule has 0 fully saturated rings. The Balaban J connectivity index is 2.86. The summed E-state index contributed by atoms with van der Waals surface area (Å²) >= 11 is 11.8. The van der Waals surface area contributed by atoms with Crippen LogP contribution in [-0.4, -0.2) is 26.0 Å². The van der Waals surface area contributed by atoms with Crippen LogP contribution in [0.5, 0.6) is 11.8 Å². The molecule has 0 radical (unpaired) electrons. The Bertz CT molecular complexity index is 323. The van der Waals surface area contributed by atoms with Gasteiger partial charge in [0.1, 0.15) is 0 Å². The molecule has 0 aliphatic rings. The van der Waals surface area contributed by atoms with Gasteiger partial charge in [0.2, 0.25) is 0 Å². The molecule has 0 spiro atoms. The van der Waals surface area contributed by atoms with E-state index in [1.54, 1.807) is 13.8 Å². The summed E-state index contributed by atoms with van der Waals surface area (Å²) in [5, 5.41) is 18.3. The van der Waals surface area contributed by atoms with E-state index in [1.165, 1.54) is 0 Å². The van der Waals surface area contributed by atoms with Crippen molar-refractivity contribution in [3.8, 4) is 11.8 Å². The van der Waals surface area contributed by atoms with E-state index in [-0.39, 0.29) is 22.5 Å². The summed E-state index contributed by atoms with van der Waals surface area (Å²) in [5.74, 6) is -0.0634. The maximum absolute atomic E-state index is 9.43. The fraction of sp³-hybridized carbons (Fsp3) is 0.556. The lowest BCUT2D eigenvalue weighted by atomic mass is 10.1. The lowest BCUT2D eigenvalue weighted by Gasteiger charge is -2.11. The third kappa shape index (κ3) is 2.28. The van der Waals surface area contributed by atoms with Gasteiger partial charge in [-0.25, -0.2) is 0 Å². The van der Waals surface area contributed by atoms with Crippen molar-refractivity contribution in [3.05, 3.63) is 11.1 Å². The lowest BCUT2D eigenvalue weighted by Crippen LogP contribution is -2.14. The molecule has 0 aliphatic carbocycles. The van der Waals surface area contributed by atoms with E-state index in [9.17, 15) is 10.2 Å². The van der Waals surface area contributed by atoms with E-state index in [2.05, 4.69) is 4.98 Å². The Hall–Kier alpha value is -0.540. The average Bonchev–Trinajstić information content (AvgIpc) is 2.32. The molecule has 1 heterocycles. The number of hydrogen-bond acceptors (Lipinski definition) is 2. The molecule has 0 saturated heterocycles. The maximum atomic E-state index is 9.43. The second kappa shape index (κ2) is 4.32. The largest absolute Gasteiger partial charge is 0.494 e. The molecular formula is C9H13Cl2NO2. The van der Waals surface area contributed by atoms with Gasteiger partial charge >= 0.3 is 0 Å². The highest BCUT2D eigenvalue weighted by Crippen LogP contribution is 2.30. The van der Waals surface area contributed by atoms with Crippen LogP contribution in [0.1, 0.15) is 18.1 Å². The van der Waals surface area contributed by atoms with Crippen molar-refractivity contribution < 1.29 is 10.2 Å². The quantitative estimate of drug-likeness (QED) is 0.708. The van der Waals surface area contributed by atoms with Crippen molar-refractivity contribution in [2.75, 3.05) is 0 Å². The number of rotatable bonds is 3. The topological polar surface area (TPSA) is 56.2 Å². The number of aromatic hydroxyl groups is 2. The molecule has 2 unspecified atom stereocenters. The summed E-state index contributed by atoms with van der Waals surface area (Å²) in [6.45, 7) is 3.50. The third-order valence-electron chi connectivity index (χ3n) is 2.23. The van der Waals surface area contributed by atoms with Crippen molar-refractivity contribution in [3.63, 3.8) is 0 Å². The van der Waals surface area contributed by atoms with Crippen LogP contribution in [-0.2, 0) is 6.42 Å². The highest BCUT2D eigenvalue weighted by Gasteiger charge is 2.19. The zero-order chi connectivity index (χ0) is 10.9. The van der Waals surface area contributed by atoms with Gasteiger partial charge in [0, 0.05) is 16.5 Å². The van der Waals surface area contributed by atoms with Gasteiger partial charge in [0.25, 0.3) is 0 Å². The number of nitrogens with one attached hydrogen (secondary N) is 1. The summed E-state index contributed by atoms with van der Waals surface area (Å²) in [6.07, 6.45) is 0.431. The summed E-state index contributed by atoms with van der Waals surface area (Å²) in [7, 11) is 0. The SMILES string of the molecule is Cc1c(O)[nH]c(O)c1CC(Cl)C(C)Cl. The van der Waals surface area contributed by atoms with Gasteiger partial charge in [0.15, 0.2) is 11.8 Å². The maximum Gasteiger partial charge on any atom is 0.194 e. The van der Waals surface area contributed by atoms with Gasteiger partial charge in [0.05, 0.1) is 5.38 Å². The molecule has 14 heavy (non-hydrogen) atoms. The molecule has 0 aromatic carbocycles. The van der Waals surface area contributed by atoms with E-state index in [0.29, 0.717) is 17.5 Å². The molecule has 0 bridgehead atoms. The first kappa shape index (κ1) is 11.5. The summed E-state index contributed by atoms with van der Waals surface area (Å²) in [4.78, 5) is 2.43. The fourth-order valence-electron chi connectivity index (χ4n) is 1.21. The Morgan fingerprint density at radius 1 is 1.29 bits per heavy atom. The first-order valence-electron chi connectivity index (χ1n) is 4.31. The molecular weight excluding hydrogens is 225 g/mol. The van der Waals surface area contributed by atoms with E-state index < -0.39 is 0 Å². The predicted molar refractivity (Wildman–Crippen MR) is 57.5 cm³/mol. The molecule has 0 amide bonds. The molecule has 5 heteroatoms. The predicted octanol–water partition coefficient (Wildman–Crippen LogP) is 2.51. The summed E-state index contributed by atoms with van der Waals surface area (Å²) < 4.78 is 0. The lowest BCUT2D eigenvalue weighted by molar-refractivity contribution is 0.422. The van der Waals surface area contributed by atoms with Crippen molar-refractivity contribution in [2.24, 2.45) is 0 Å². The molecule has 1 rings (SSSR count). The molecule has 3 N–H and O–H groups in total. The van der Waals surface area contributed by atoms with E-state index in [1.807, 2.05) is 0 Å². The first-order chi connectivity index (χ1) is 6.43. The Kier molecular flexibility index (Phi) is 3.56. The normalized spacial score (nSPS) is 15.4. The van der Waals surface area contributed by atoms with Crippen LogP contribution in [0.15, 0.2) is 0 Å².